The Morgan fingerprint density at radius 1 is 0.971 bits per heavy atom. The minimum Gasteiger partial charge on any atom is -0.495 e. The summed E-state index contributed by atoms with van der Waals surface area (Å²) in [6.07, 6.45) is 0.0536. The van der Waals surface area contributed by atoms with Gasteiger partial charge in [0, 0.05) is 10.9 Å². The Labute approximate surface area is 203 Å². The molecule has 0 radical (unpaired) electrons. The first kappa shape index (κ1) is 23.2. The van der Waals surface area contributed by atoms with Gasteiger partial charge in [0.25, 0.3) is 5.91 Å². The van der Waals surface area contributed by atoms with Gasteiger partial charge in [-0.3, -0.25) is 10.1 Å². The van der Waals surface area contributed by atoms with Gasteiger partial charge in [-0.2, -0.15) is 0 Å². The number of hydrogen-bond acceptors (Lipinski definition) is 5. The van der Waals surface area contributed by atoms with Crippen molar-refractivity contribution in [1.29, 1.82) is 0 Å². The molecule has 0 saturated heterocycles. The number of rotatable bonds is 6. The zero-order chi connectivity index (χ0) is 24.1. The summed E-state index contributed by atoms with van der Waals surface area (Å²) in [5.41, 5.74) is 3.37. The van der Waals surface area contributed by atoms with E-state index < -0.39 is 0 Å². The lowest BCUT2D eigenvalue weighted by Crippen LogP contribution is -2.34. The van der Waals surface area contributed by atoms with E-state index in [9.17, 15) is 4.79 Å². The van der Waals surface area contributed by atoms with Gasteiger partial charge in [-0.15, -0.1) is 0 Å². The van der Waals surface area contributed by atoms with Crippen LogP contribution in [0, 0.1) is 0 Å². The molecule has 0 unspecified atom stereocenters. The average molecular weight is 472 g/mol. The maximum Gasteiger partial charge on any atom is 0.258 e. The fourth-order valence-corrected chi connectivity index (χ4v) is 3.79. The number of methoxy groups -OCH3 is 1. The molecule has 1 aromatic heterocycles. The molecule has 7 heteroatoms. The number of nitrogens with zero attached hydrogens (tertiary/aromatic N) is 1. The maximum absolute atomic E-state index is 13.3. The largest absolute Gasteiger partial charge is 0.495 e. The molecule has 0 atom stereocenters. The lowest BCUT2D eigenvalue weighted by Gasteiger charge is -2.14. The predicted molar refractivity (Wildman–Crippen MR) is 140 cm³/mol. The highest BCUT2D eigenvalue weighted by atomic mass is 32.1. The van der Waals surface area contributed by atoms with Gasteiger partial charge in [0.1, 0.15) is 11.5 Å². The number of aromatic nitrogens is 1. The van der Waals surface area contributed by atoms with Crippen molar-refractivity contribution in [3.8, 4) is 22.8 Å². The third-order valence-corrected chi connectivity index (χ3v) is 5.25. The predicted octanol–water partition coefficient (Wildman–Crippen LogP) is 5.82. The number of anilines is 1. The molecule has 4 rings (SSSR count). The molecule has 0 fully saturated rings. The first-order valence-corrected chi connectivity index (χ1v) is 11.3. The second-order valence-electron chi connectivity index (χ2n) is 7.88. The van der Waals surface area contributed by atoms with Crippen molar-refractivity contribution in [2.24, 2.45) is 0 Å². The summed E-state index contributed by atoms with van der Waals surface area (Å²) in [5.74, 6) is 1.04. The van der Waals surface area contributed by atoms with E-state index in [2.05, 4.69) is 10.6 Å². The summed E-state index contributed by atoms with van der Waals surface area (Å²) in [6.45, 7) is 3.96. The molecule has 34 heavy (non-hydrogen) atoms. The zero-order valence-electron chi connectivity index (χ0n) is 19.2. The van der Waals surface area contributed by atoms with E-state index >= 15 is 0 Å². The Balaban J connectivity index is 1.65. The van der Waals surface area contributed by atoms with Crippen LogP contribution in [0.5, 0.6) is 11.5 Å². The third-order valence-electron chi connectivity index (χ3n) is 5.04. The lowest BCUT2D eigenvalue weighted by atomic mass is 10.0. The van der Waals surface area contributed by atoms with Gasteiger partial charge < -0.3 is 14.8 Å². The van der Waals surface area contributed by atoms with Gasteiger partial charge in [0.2, 0.25) is 0 Å². The van der Waals surface area contributed by atoms with E-state index in [1.165, 1.54) is 0 Å². The lowest BCUT2D eigenvalue weighted by molar-refractivity contribution is 0.0979. The monoisotopic (exact) mass is 471 g/mol. The Kier molecular flexibility index (Phi) is 7.04. The first-order chi connectivity index (χ1) is 16.4. The molecule has 1 heterocycles. The number of pyridine rings is 1. The highest BCUT2D eigenvalue weighted by molar-refractivity contribution is 7.80. The van der Waals surface area contributed by atoms with Crippen LogP contribution in [-0.4, -0.2) is 29.2 Å². The van der Waals surface area contributed by atoms with E-state index in [1.807, 2.05) is 86.6 Å². The van der Waals surface area contributed by atoms with E-state index in [4.69, 9.17) is 26.7 Å². The molecule has 4 aromatic rings. The number of nitrogens with one attached hydrogen (secondary N) is 2. The van der Waals surface area contributed by atoms with Crippen LogP contribution >= 0.6 is 12.2 Å². The molecular weight excluding hydrogens is 446 g/mol. The summed E-state index contributed by atoms with van der Waals surface area (Å²) in [6, 6.07) is 24.3. The molecule has 0 aliphatic rings. The molecular formula is C27H25N3O3S. The summed E-state index contributed by atoms with van der Waals surface area (Å²) < 4.78 is 11.2. The SMILES string of the molecule is COc1ccccc1NC(=S)NC(=O)c1cc(-c2cccc(OC(C)C)c2)nc2ccccc12. The average Bonchev–Trinajstić information content (AvgIpc) is 2.83. The molecule has 172 valence electrons. The van der Waals surface area contributed by atoms with Crippen molar-refractivity contribution in [2.45, 2.75) is 20.0 Å². The van der Waals surface area contributed by atoms with Gasteiger partial charge in [0.15, 0.2) is 5.11 Å². The molecule has 0 bridgehead atoms. The number of carbonyl (C=O) groups is 1. The van der Waals surface area contributed by atoms with Crippen LogP contribution in [0.1, 0.15) is 24.2 Å². The summed E-state index contributed by atoms with van der Waals surface area (Å²) >= 11 is 5.40. The van der Waals surface area contributed by atoms with E-state index in [1.54, 1.807) is 13.2 Å². The highest BCUT2D eigenvalue weighted by Gasteiger charge is 2.16. The van der Waals surface area contributed by atoms with Crippen molar-refractivity contribution in [3.05, 3.63) is 84.4 Å². The minimum atomic E-state index is -0.332. The number of para-hydroxylation sites is 3. The highest BCUT2D eigenvalue weighted by Crippen LogP contribution is 2.28. The summed E-state index contributed by atoms with van der Waals surface area (Å²) in [7, 11) is 1.58. The van der Waals surface area contributed by atoms with Gasteiger partial charge in [-0.25, -0.2) is 4.98 Å². The Morgan fingerprint density at radius 2 is 1.74 bits per heavy atom. The van der Waals surface area contributed by atoms with E-state index in [-0.39, 0.29) is 17.1 Å². The normalized spacial score (nSPS) is 10.7. The molecule has 6 nitrogen and oxygen atoms in total. The Hall–Kier alpha value is -3.97. The van der Waals surface area contributed by atoms with Crippen LogP contribution in [0.15, 0.2) is 78.9 Å². The smallest absolute Gasteiger partial charge is 0.258 e. The van der Waals surface area contributed by atoms with Crippen LogP contribution in [0.25, 0.3) is 22.2 Å². The maximum atomic E-state index is 13.3. The van der Waals surface area contributed by atoms with E-state index in [0.29, 0.717) is 28.2 Å². The van der Waals surface area contributed by atoms with Crippen molar-refractivity contribution in [1.82, 2.24) is 10.3 Å². The van der Waals surface area contributed by atoms with Crippen LogP contribution in [0.2, 0.25) is 0 Å². The van der Waals surface area contributed by atoms with Gasteiger partial charge >= 0.3 is 0 Å². The molecule has 3 aromatic carbocycles. The minimum absolute atomic E-state index is 0.0536. The number of hydrogen-bond donors (Lipinski definition) is 2. The first-order valence-electron chi connectivity index (χ1n) is 10.9. The Bertz CT molecular complexity index is 1350. The van der Waals surface area contributed by atoms with Crippen molar-refractivity contribution in [3.63, 3.8) is 0 Å². The number of amides is 1. The Morgan fingerprint density at radius 3 is 2.53 bits per heavy atom. The van der Waals surface area contributed by atoms with Gasteiger partial charge in [-0.1, -0.05) is 42.5 Å². The zero-order valence-corrected chi connectivity index (χ0v) is 20.0. The quantitative estimate of drug-likeness (QED) is 0.345. The molecule has 1 amide bonds. The standard InChI is InChI=1S/C27H25N3O3S/c1-17(2)33-19-10-8-9-18(15-19)24-16-21(20-11-4-5-12-22(20)28-24)26(31)30-27(34)29-23-13-6-7-14-25(23)32-3/h4-17H,1-3H3,(H2,29,30,31,34). The topological polar surface area (TPSA) is 72.5 Å². The molecule has 0 aliphatic carbocycles. The van der Waals surface area contributed by atoms with Gasteiger partial charge in [-0.05, 0) is 62.5 Å². The number of thiocarbonyl (C=S) groups is 1. The summed E-state index contributed by atoms with van der Waals surface area (Å²) in [5, 5.41) is 6.71. The molecule has 0 spiro atoms. The second kappa shape index (κ2) is 10.3. The van der Waals surface area contributed by atoms with Crippen LogP contribution < -0.4 is 20.1 Å². The number of ether oxygens (including phenoxy) is 2. The fourth-order valence-electron chi connectivity index (χ4n) is 3.58. The van der Waals surface area contributed by atoms with Crippen molar-refractivity contribution in [2.75, 3.05) is 12.4 Å². The van der Waals surface area contributed by atoms with Crippen LogP contribution in [0.3, 0.4) is 0 Å². The molecule has 2 N–H and O–H groups in total. The van der Waals surface area contributed by atoms with Crippen LogP contribution in [0.4, 0.5) is 5.69 Å². The van der Waals surface area contributed by atoms with Crippen molar-refractivity contribution >= 4 is 39.8 Å². The molecule has 0 saturated carbocycles. The van der Waals surface area contributed by atoms with E-state index in [0.717, 1.165) is 16.7 Å². The number of benzene rings is 3. The number of fused-ring (bicyclic) bond motifs is 1. The fraction of sp³-hybridized carbons (Fsp3) is 0.148. The van der Waals surface area contributed by atoms with Gasteiger partial charge in [0.05, 0.1) is 35.7 Å². The summed E-state index contributed by atoms with van der Waals surface area (Å²) in [4.78, 5) is 18.1. The number of carbonyl (C=O) groups excluding carboxylic acids is 1. The van der Waals surface area contributed by atoms with Crippen molar-refractivity contribution < 1.29 is 14.3 Å². The second-order valence-corrected chi connectivity index (χ2v) is 8.28. The molecule has 0 aliphatic heterocycles. The van der Waals surface area contributed by atoms with Crippen LogP contribution in [-0.2, 0) is 0 Å². The third kappa shape index (κ3) is 5.32.